The van der Waals surface area contributed by atoms with Crippen molar-refractivity contribution < 1.29 is 14.3 Å². The van der Waals surface area contributed by atoms with Crippen LogP contribution in [0.2, 0.25) is 0 Å². The summed E-state index contributed by atoms with van der Waals surface area (Å²) in [4.78, 5) is 11.9. The first-order valence-electron chi connectivity index (χ1n) is 7.39. The van der Waals surface area contributed by atoms with E-state index < -0.39 is 0 Å². The van der Waals surface area contributed by atoms with Crippen LogP contribution >= 0.6 is 0 Å². The number of carbonyl (C=O) groups is 1. The number of hydrogen-bond donors (Lipinski definition) is 1. The van der Waals surface area contributed by atoms with E-state index in [9.17, 15) is 4.79 Å². The Hall–Kier alpha value is -2.75. The number of methoxy groups -OCH3 is 1. The molecule has 0 radical (unpaired) electrons. The SMILES string of the molecule is C=CCc1ccc(OCC(=O)Nc2ccc(C)cc2)c(OC)c1. The molecule has 0 aliphatic rings. The molecule has 0 unspecified atom stereocenters. The van der Waals surface area contributed by atoms with Gasteiger partial charge in [-0.1, -0.05) is 29.8 Å². The summed E-state index contributed by atoms with van der Waals surface area (Å²) in [5, 5.41) is 2.79. The van der Waals surface area contributed by atoms with Gasteiger partial charge in [0.15, 0.2) is 18.1 Å². The molecule has 0 fully saturated rings. The lowest BCUT2D eigenvalue weighted by molar-refractivity contribution is -0.118. The molecule has 1 N–H and O–H groups in total. The molecule has 0 atom stereocenters. The lowest BCUT2D eigenvalue weighted by Gasteiger charge is -2.12. The van der Waals surface area contributed by atoms with Crippen LogP contribution in [0.15, 0.2) is 55.1 Å². The minimum Gasteiger partial charge on any atom is -0.493 e. The largest absolute Gasteiger partial charge is 0.493 e. The van der Waals surface area contributed by atoms with Crippen LogP contribution in [-0.2, 0) is 11.2 Å². The first-order valence-corrected chi connectivity index (χ1v) is 7.39. The van der Waals surface area contributed by atoms with Gasteiger partial charge in [-0.25, -0.2) is 0 Å². The van der Waals surface area contributed by atoms with Crippen LogP contribution < -0.4 is 14.8 Å². The van der Waals surface area contributed by atoms with Gasteiger partial charge >= 0.3 is 0 Å². The van der Waals surface area contributed by atoms with E-state index in [1.165, 1.54) is 0 Å². The molecule has 0 aliphatic carbocycles. The van der Waals surface area contributed by atoms with E-state index in [1.807, 2.05) is 49.4 Å². The summed E-state index contributed by atoms with van der Waals surface area (Å²) >= 11 is 0. The van der Waals surface area contributed by atoms with E-state index >= 15 is 0 Å². The lowest BCUT2D eigenvalue weighted by atomic mass is 10.1. The van der Waals surface area contributed by atoms with Crippen molar-refractivity contribution in [2.45, 2.75) is 13.3 Å². The van der Waals surface area contributed by atoms with Gasteiger partial charge in [0.1, 0.15) is 0 Å². The third kappa shape index (κ3) is 4.88. The molecule has 1 amide bonds. The van der Waals surface area contributed by atoms with Crippen LogP contribution in [-0.4, -0.2) is 19.6 Å². The van der Waals surface area contributed by atoms with Gasteiger partial charge < -0.3 is 14.8 Å². The van der Waals surface area contributed by atoms with Crippen LogP contribution in [0, 0.1) is 6.92 Å². The van der Waals surface area contributed by atoms with Crippen LogP contribution in [0.4, 0.5) is 5.69 Å². The molecule has 2 aromatic carbocycles. The quantitative estimate of drug-likeness (QED) is 0.792. The van der Waals surface area contributed by atoms with Gasteiger partial charge in [-0.05, 0) is 43.2 Å². The summed E-state index contributed by atoms with van der Waals surface area (Å²) in [7, 11) is 1.58. The Labute approximate surface area is 136 Å². The molecule has 0 aliphatic heterocycles. The van der Waals surface area contributed by atoms with Crippen molar-refractivity contribution in [3.05, 3.63) is 66.2 Å². The zero-order valence-corrected chi connectivity index (χ0v) is 13.5. The second-order valence-corrected chi connectivity index (χ2v) is 5.18. The molecule has 0 spiro atoms. The highest BCUT2D eigenvalue weighted by Crippen LogP contribution is 2.28. The first kappa shape index (κ1) is 16.6. The van der Waals surface area contributed by atoms with Gasteiger partial charge in [0.2, 0.25) is 0 Å². The van der Waals surface area contributed by atoms with Crippen molar-refractivity contribution >= 4 is 11.6 Å². The number of nitrogens with one attached hydrogen (secondary N) is 1. The third-order valence-corrected chi connectivity index (χ3v) is 3.30. The molecule has 0 saturated heterocycles. The van der Waals surface area contributed by atoms with Gasteiger partial charge in [0, 0.05) is 5.69 Å². The van der Waals surface area contributed by atoms with Crippen molar-refractivity contribution in [1.29, 1.82) is 0 Å². The molecule has 4 heteroatoms. The molecule has 0 heterocycles. The van der Waals surface area contributed by atoms with Crippen molar-refractivity contribution in [1.82, 2.24) is 0 Å². The zero-order chi connectivity index (χ0) is 16.7. The standard InChI is InChI=1S/C19H21NO3/c1-4-5-15-8-11-17(18(12-15)22-3)23-13-19(21)20-16-9-6-14(2)7-10-16/h4,6-12H,1,5,13H2,2-3H3,(H,20,21). The summed E-state index contributed by atoms with van der Waals surface area (Å²) in [5.74, 6) is 0.929. The van der Waals surface area contributed by atoms with E-state index in [1.54, 1.807) is 13.2 Å². The highest BCUT2D eigenvalue weighted by atomic mass is 16.5. The van der Waals surface area contributed by atoms with E-state index in [4.69, 9.17) is 9.47 Å². The topological polar surface area (TPSA) is 47.6 Å². The van der Waals surface area contributed by atoms with Gasteiger partial charge in [-0.2, -0.15) is 0 Å². The maximum absolute atomic E-state index is 11.9. The second kappa shape index (κ2) is 8.03. The summed E-state index contributed by atoms with van der Waals surface area (Å²) in [6.07, 6.45) is 2.58. The van der Waals surface area contributed by atoms with Crippen molar-refractivity contribution in [3.63, 3.8) is 0 Å². The van der Waals surface area contributed by atoms with Gasteiger partial charge in [0.05, 0.1) is 7.11 Å². The number of carbonyl (C=O) groups excluding carboxylic acids is 1. The van der Waals surface area contributed by atoms with Gasteiger partial charge in [0.25, 0.3) is 5.91 Å². The molecule has 2 rings (SSSR count). The fourth-order valence-corrected chi connectivity index (χ4v) is 2.10. The molecule has 0 bridgehead atoms. The average Bonchev–Trinajstić information content (AvgIpc) is 2.56. The minimum atomic E-state index is -0.217. The Bertz CT molecular complexity index is 678. The maximum atomic E-state index is 11.9. The second-order valence-electron chi connectivity index (χ2n) is 5.18. The van der Waals surface area contributed by atoms with Crippen molar-refractivity contribution in [2.75, 3.05) is 19.0 Å². The number of rotatable bonds is 7. The van der Waals surface area contributed by atoms with Gasteiger partial charge in [-0.3, -0.25) is 4.79 Å². The molecule has 0 saturated carbocycles. The Kier molecular flexibility index (Phi) is 5.80. The summed E-state index contributed by atoms with van der Waals surface area (Å²) < 4.78 is 10.9. The van der Waals surface area contributed by atoms with E-state index in [0.29, 0.717) is 11.5 Å². The van der Waals surface area contributed by atoms with E-state index in [-0.39, 0.29) is 12.5 Å². The number of allylic oxidation sites excluding steroid dienone is 1. The van der Waals surface area contributed by atoms with E-state index in [0.717, 1.165) is 23.2 Å². The number of amides is 1. The minimum absolute atomic E-state index is 0.0783. The normalized spacial score (nSPS) is 10.0. The van der Waals surface area contributed by atoms with Crippen molar-refractivity contribution in [2.24, 2.45) is 0 Å². The summed E-state index contributed by atoms with van der Waals surface area (Å²) in [5.41, 5.74) is 2.97. The highest BCUT2D eigenvalue weighted by molar-refractivity contribution is 5.91. The predicted octanol–water partition coefficient (Wildman–Crippen LogP) is 3.75. The molecule has 23 heavy (non-hydrogen) atoms. The summed E-state index contributed by atoms with van der Waals surface area (Å²) in [6, 6.07) is 13.2. The van der Waals surface area contributed by atoms with Crippen molar-refractivity contribution in [3.8, 4) is 11.5 Å². The Morgan fingerprint density at radius 3 is 2.57 bits per heavy atom. The van der Waals surface area contributed by atoms with E-state index in [2.05, 4.69) is 11.9 Å². The Morgan fingerprint density at radius 2 is 1.91 bits per heavy atom. The first-order chi connectivity index (χ1) is 11.1. The molecule has 0 aromatic heterocycles. The number of ether oxygens (including phenoxy) is 2. The monoisotopic (exact) mass is 311 g/mol. The number of aryl methyl sites for hydroxylation is 1. The maximum Gasteiger partial charge on any atom is 0.262 e. The smallest absolute Gasteiger partial charge is 0.262 e. The number of benzene rings is 2. The summed E-state index contributed by atoms with van der Waals surface area (Å²) in [6.45, 7) is 5.63. The van der Waals surface area contributed by atoms with Gasteiger partial charge in [-0.15, -0.1) is 6.58 Å². The molecular weight excluding hydrogens is 290 g/mol. The fraction of sp³-hybridized carbons (Fsp3) is 0.211. The average molecular weight is 311 g/mol. The fourth-order valence-electron chi connectivity index (χ4n) is 2.10. The number of hydrogen-bond acceptors (Lipinski definition) is 3. The third-order valence-electron chi connectivity index (χ3n) is 3.30. The number of anilines is 1. The molecule has 120 valence electrons. The highest BCUT2D eigenvalue weighted by Gasteiger charge is 2.08. The lowest BCUT2D eigenvalue weighted by Crippen LogP contribution is -2.20. The van der Waals surface area contributed by atoms with Crippen LogP contribution in [0.1, 0.15) is 11.1 Å². The molecule has 4 nitrogen and oxygen atoms in total. The Morgan fingerprint density at radius 1 is 1.17 bits per heavy atom. The molecule has 2 aromatic rings. The van der Waals surface area contributed by atoms with Crippen LogP contribution in [0.25, 0.3) is 0 Å². The van der Waals surface area contributed by atoms with Crippen LogP contribution in [0.5, 0.6) is 11.5 Å². The Balaban J connectivity index is 1.95. The predicted molar refractivity (Wildman–Crippen MR) is 92.2 cm³/mol. The molecular formula is C19H21NO3. The van der Waals surface area contributed by atoms with Crippen LogP contribution in [0.3, 0.4) is 0 Å². The zero-order valence-electron chi connectivity index (χ0n) is 13.5.